The average Bonchev–Trinajstić information content (AvgIpc) is 2.53. The topological polar surface area (TPSA) is 35.2 Å². The first kappa shape index (κ1) is 13.4. The van der Waals surface area contributed by atoms with Crippen molar-refractivity contribution in [1.82, 2.24) is 20.0 Å². The summed E-state index contributed by atoms with van der Waals surface area (Å²) in [4.78, 5) is 5.09. The third-order valence-corrected chi connectivity index (χ3v) is 5.12. The first-order valence-corrected chi connectivity index (χ1v) is 7.63. The van der Waals surface area contributed by atoms with Gasteiger partial charge in [0.05, 0.1) is 16.4 Å². The molecule has 2 saturated heterocycles. The molecule has 2 fully saturated rings. The molecular weight excluding hydrogens is 260 g/mol. The lowest BCUT2D eigenvalue weighted by molar-refractivity contribution is 0.186. The molecule has 19 heavy (non-hydrogen) atoms. The van der Waals surface area contributed by atoms with Crippen molar-refractivity contribution in [2.75, 3.05) is 26.7 Å². The highest BCUT2D eigenvalue weighted by atomic mass is 35.5. The van der Waals surface area contributed by atoms with E-state index in [-0.39, 0.29) is 0 Å². The smallest absolute Gasteiger partial charge is 0.0951 e. The average molecular weight is 283 g/mol. The van der Waals surface area contributed by atoms with Gasteiger partial charge in [0.15, 0.2) is 0 Å². The number of aryl methyl sites for hydroxylation is 1. The van der Waals surface area contributed by atoms with E-state index in [0.717, 1.165) is 35.4 Å². The van der Waals surface area contributed by atoms with Gasteiger partial charge in [-0.05, 0) is 32.7 Å². The van der Waals surface area contributed by atoms with Gasteiger partial charge < -0.3 is 4.90 Å². The molecule has 0 aliphatic carbocycles. The second-order valence-electron chi connectivity index (χ2n) is 6.19. The Morgan fingerprint density at radius 3 is 2.89 bits per heavy atom. The fourth-order valence-corrected chi connectivity index (χ4v) is 3.68. The van der Waals surface area contributed by atoms with Crippen molar-refractivity contribution >= 4 is 11.6 Å². The summed E-state index contributed by atoms with van der Waals surface area (Å²) >= 11 is 6.29. The second-order valence-corrected chi connectivity index (χ2v) is 6.57. The van der Waals surface area contributed by atoms with Gasteiger partial charge >= 0.3 is 0 Å². The Labute approximate surface area is 120 Å². The molecule has 3 rings (SSSR count). The van der Waals surface area contributed by atoms with Gasteiger partial charge in [0.2, 0.25) is 0 Å². The summed E-state index contributed by atoms with van der Waals surface area (Å²) in [6.45, 7) is 6.43. The van der Waals surface area contributed by atoms with E-state index in [1.807, 2.05) is 6.92 Å². The molecule has 106 valence electrons. The fourth-order valence-electron chi connectivity index (χ4n) is 3.54. The Bertz CT molecular complexity index is 445. The zero-order valence-electron chi connectivity index (χ0n) is 11.8. The number of H-pyrrole nitrogens is 1. The standard InChI is InChI=1S/C14H23ClN4/c1-10-14(15)13(17-16-10)9-19-7-11-4-3-5-12(8-19)18(2)6-11/h11-12H,3-9H2,1-2H3,(H,16,17)/t11-,12-/m0/s1. The van der Waals surface area contributed by atoms with Gasteiger partial charge in [0.1, 0.15) is 0 Å². The summed E-state index contributed by atoms with van der Waals surface area (Å²) in [6.07, 6.45) is 4.08. The number of likely N-dealkylation sites (tertiary alicyclic amines) is 1. The number of hydrogen-bond acceptors (Lipinski definition) is 3. The van der Waals surface area contributed by atoms with Crippen molar-refractivity contribution in [1.29, 1.82) is 0 Å². The molecular formula is C14H23ClN4. The van der Waals surface area contributed by atoms with Gasteiger partial charge in [-0.2, -0.15) is 5.10 Å². The highest BCUT2D eigenvalue weighted by Gasteiger charge is 2.31. The summed E-state index contributed by atoms with van der Waals surface area (Å²) in [5, 5.41) is 8.13. The van der Waals surface area contributed by atoms with Crippen LogP contribution in [0.2, 0.25) is 5.02 Å². The maximum atomic E-state index is 6.29. The normalized spacial score (nSPS) is 29.4. The first-order chi connectivity index (χ1) is 9.13. The quantitative estimate of drug-likeness (QED) is 0.904. The van der Waals surface area contributed by atoms with E-state index in [1.54, 1.807) is 0 Å². The van der Waals surface area contributed by atoms with Gasteiger partial charge in [0, 0.05) is 32.2 Å². The third kappa shape index (κ3) is 2.81. The Balaban J connectivity index is 1.73. The molecule has 0 amide bonds. The molecule has 1 N–H and O–H groups in total. The highest BCUT2D eigenvalue weighted by Crippen LogP contribution is 2.27. The van der Waals surface area contributed by atoms with Crippen LogP contribution < -0.4 is 0 Å². The third-order valence-electron chi connectivity index (χ3n) is 4.62. The molecule has 2 atom stereocenters. The van der Waals surface area contributed by atoms with Crippen LogP contribution in [0.1, 0.15) is 30.7 Å². The molecule has 0 spiro atoms. The minimum atomic E-state index is 0.700. The zero-order valence-corrected chi connectivity index (χ0v) is 12.6. The Morgan fingerprint density at radius 2 is 2.16 bits per heavy atom. The molecule has 3 heterocycles. The number of fused-ring (bicyclic) bond motifs is 3. The van der Waals surface area contributed by atoms with Crippen molar-refractivity contribution in [2.45, 2.75) is 38.8 Å². The van der Waals surface area contributed by atoms with Crippen LogP contribution in [0.5, 0.6) is 0 Å². The molecule has 1 aromatic rings. The Morgan fingerprint density at radius 1 is 1.32 bits per heavy atom. The van der Waals surface area contributed by atoms with Gasteiger partial charge in [-0.3, -0.25) is 10.00 Å². The van der Waals surface area contributed by atoms with Crippen molar-refractivity contribution < 1.29 is 0 Å². The van der Waals surface area contributed by atoms with Gasteiger partial charge in [-0.15, -0.1) is 0 Å². The number of halogens is 1. The van der Waals surface area contributed by atoms with Crippen LogP contribution in [0.3, 0.4) is 0 Å². The minimum Gasteiger partial charge on any atom is -0.302 e. The number of nitrogens with zero attached hydrogens (tertiary/aromatic N) is 3. The van der Waals surface area contributed by atoms with Crippen LogP contribution in [0.15, 0.2) is 0 Å². The maximum Gasteiger partial charge on any atom is 0.0951 e. The molecule has 0 saturated carbocycles. The SMILES string of the molecule is Cc1[nH]nc(CN2C[C@H]3CCC[C@@H](C2)N(C)C3)c1Cl. The van der Waals surface area contributed by atoms with Gasteiger partial charge in [-0.25, -0.2) is 0 Å². The van der Waals surface area contributed by atoms with Crippen LogP contribution in [-0.4, -0.2) is 52.7 Å². The molecule has 2 aliphatic heterocycles. The van der Waals surface area contributed by atoms with Crippen LogP contribution in [0, 0.1) is 12.8 Å². The molecule has 0 unspecified atom stereocenters. The van der Waals surface area contributed by atoms with E-state index in [1.165, 1.54) is 32.4 Å². The van der Waals surface area contributed by atoms with E-state index in [4.69, 9.17) is 11.6 Å². The number of nitrogens with one attached hydrogen (secondary N) is 1. The van der Waals surface area contributed by atoms with E-state index in [0.29, 0.717) is 6.04 Å². The summed E-state index contributed by atoms with van der Waals surface area (Å²) in [7, 11) is 2.28. The second kappa shape index (κ2) is 5.43. The predicted molar refractivity (Wildman–Crippen MR) is 77.4 cm³/mol. The summed E-state index contributed by atoms with van der Waals surface area (Å²) in [5.41, 5.74) is 1.98. The van der Waals surface area contributed by atoms with E-state index in [2.05, 4.69) is 27.0 Å². The molecule has 2 aliphatic rings. The lowest BCUT2D eigenvalue weighted by Crippen LogP contribution is -2.38. The summed E-state index contributed by atoms with van der Waals surface area (Å²) < 4.78 is 0. The molecule has 1 aromatic heterocycles. The zero-order chi connectivity index (χ0) is 13.4. The molecule has 0 radical (unpaired) electrons. The number of hydrogen-bond donors (Lipinski definition) is 1. The predicted octanol–water partition coefficient (Wildman–Crippen LogP) is 2.29. The van der Waals surface area contributed by atoms with Crippen LogP contribution in [-0.2, 0) is 6.54 Å². The lowest BCUT2D eigenvalue weighted by atomic mass is 10.00. The van der Waals surface area contributed by atoms with Crippen molar-refractivity contribution in [3.8, 4) is 0 Å². The number of rotatable bonds is 2. The van der Waals surface area contributed by atoms with Crippen LogP contribution >= 0.6 is 11.6 Å². The van der Waals surface area contributed by atoms with Crippen molar-refractivity contribution in [3.05, 3.63) is 16.4 Å². The van der Waals surface area contributed by atoms with E-state index >= 15 is 0 Å². The summed E-state index contributed by atoms with van der Waals surface area (Å²) in [5.74, 6) is 0.802. The van der Waals surface area contributed by atoms with Crippen LogP contribution in [0.4, 0.5) is 0 Å². The highest BCUT2D eigenvalue weighted by molar-refractivity contribution is 6.31. The maximum absolute atomic E-state index is 6.29. The van der Waals surface area contributed by atoms with Gasteiger partial charge in [-0.1, -0.05) is 18.0 Å². The Kier molecular flexibility index (Phi) is 3.83. The molecule has 0 aromatic carbocycles. The van der Waals surface area contributed by atoms with Crippen molar-refractivity contribution in [2.24, 2.45) is 5.92 Å². The van der Waals surface area contributed by atoms with Gasteiger partial charge in [0.25, 0.3) is 0 Å². The lowest BCUT2D eigenvalue weighted by Gasteiger charge is -2.29. The summed E-state index contributed by atoms with van der Waals surface area (Å²) in [6, 6.07) is 0.700. The number of aromatic amines is 1. The minimum absolute atomic E-state index is 0.700. The fraction of sp³-hybridized carbons (Fsp3) is 0.786. The molecule has 2 bridgehead atoms. The monoisotopic (exact) mass is 282 g/mol. The Hall–Kier alpha value is -0.580. The van der Waals surface area contributed by atoms with E-state index < -0.39 is 0 Å². The van der Waals surface area contributed by atoms with E-state index in [9.17, 15) is 0 Å². The largest absolute Gasteiger partial charge is 0.302 e. The van der Waals surface area contributed by atoms with Crippen LogP contribution in [0.25, 0.3) is 0 Å². The number of aromatic nitrogens is 2. The molecule has 4 nitrogen and oxygen atoms in total. The number of likely N-dealkylation sites (N-methyl/N-ethyl adjacent to an activating group) is 1. The molecule has 5 heteroatoms. The van der Waals surface area contributed by atoms with Crippen molar-refractivity contribution in [3.63, 3.8) is 0 Å². The first-order valence-electron chi connectivity index (χ1n) is 7.25.